The van der Waals surface area contributed by atoms with Crippen LogP contribution in [0.15, 0.2) is 30.3 Å². The van der Waals surface area contributed by atoms with Gasteiger partial charge in [0.15, 0.2) is 0 Å². The average molecular weight is 470 g/mol. The Labute approximate surface area is 187 Å². The first kappa shape index (κ1) is 22.5. The summed E-state index contributed by atoms with van der Waals surface area (Å²) in [5.41, 5.74) is -0.539. The van der Waals surface area contributed by atoms with Crippen molar-refractivity contribution in [1.82, 2.24) is 4.98 Å². The molecule has 170 valence electrons. The van der Waals surface area contributed by atoms with E-state index in [4.69, 9.17) is 11.6 Å². The van der Waals surface area contributed by atoms with Crippen LogP contribution in [0, 0.1) is 24.6 Å². The first-order valence-electron chi connectivity index (χ1n) is 10.1. The molecule has 3 unspecified atom stereocenters. The van der Waals surface area contributed by atoms with Crippen molar-refractivity contribution >= 4 is 34.9 Å². The molecule has 2 heterocycles. The SMILES string of the molecule is Cc1cc(C(F)(F)F)cc(N2C(=O)C3CCCC3C2C(=O)N(C)c2ccc(F)c(Cl)c2)n1. The summed E-state index contributed by atoms with van der Waals surface area (Å²) in [5, 5.41) is -0.171. The van der Waals surface area contributed by atoms with Crippen molar-refractivity contribution < 1.29 is 27.2 Å². The number of aryl methyl sites for hydroxylation is 1. The summed E-state index contributed by atoms with van der Waals surface area (Å²) in [6, 6.07) is 4.47. The molecule has 4 rings (SSSR count). The molecule has 2 amide bonds. The highest BCUT2D eigenvalue weighted by Gasteiger charge is 2.55. The average Bonchev–Trinajstić information content (AvgIpc) is 3.30. The number of carbonyl (C=O) groups excluding carboxylic acids is 2. The van der Waals surface area contributed by atoms with Gasteiger partial charge >= 0.3 is 6.18 Å². The number of hydrogen-bond donors (Lipinski definition) is 0. The number of likely N-dealkylation sites (N-methyl/N-ethyl adjacent to an activating group) is 1. The number of halogens is 5. The minimum atomic E-state index is -4.62. The van der Waals surface area contributed by atoms with Gasteiger partial charge in [-0.3, -0.25) is 14.5 Å². The largest absolute Gasteiger partial charge is 0.416 e. The summed E-state index contributed by atoms with van der Waals surface area (Å²) in [5.74, 6) is -2.53. The second-order valence-corrected chi connectivity index (χ2v) is 8.61. The van der Waals surface area contributed by atoms with E-state index in [0.717, 1.165) is 29.5 Å². The quantitative estimate of drug-likeness (QED) is 0.595. The number of fused-ring (bicyclic) bond motifs is 1. The van der Waals surface area contributed by atoms with Gasteiger partial charge < -0.3 is 4.90 Å². The number of pyridine rings is 1. The second kappa shape index (κ2) is 8.03. The van der Waals surface area contributed by atoms with E-state index in [1.54, 1.807) is 0 Å². The summed E-state index contributed by atoms with van der Waals surface area (Å²) >= 11 is 5.84. The molecule has 1 saturated heterocycles. The summed E-state index contributed by atoms with van der Waals surface area (Å²) in [4.78, 5) is 33.2. The third-order valence-corrected chi connectivity index (χ3v) is 6.49. The lowest BCUT2D eigenvalue weighted by molar-refractivity contribution is -0.137. The number of amides is 2. The first-order valence-corrected chi connectivity index (χ1v) is 10.5. The summed E-state index contributed by atoms with van der Waals surface area (Å²) in [6.07, 6.45) is -2.71. The zero-order valence-electron chi connectivity index (χ0n) is 17.3. The number of nitrogens with zero attached hydrogens (tertiary/aromatic N) is 3. The minimum Gasteiger partial charge on any atom is -0.314 e. The Bertz CT molecular complexity index is 1090. The molecule has 2 aromatic rings. The predicted octanol–water partition coefficient (Wildman–Crippen LogP) is 5.00. The molecule has 1 aliphatic carbocycles. The summed E-state index contributed by atoms with van der Waals surface area (Å²) in [7, 11) is 1.46. The monoisotopic (exact) mass is 469 g/mol. The first-order chi connectivity index (χ1) is 15.0. The van der Waals surface area contributed by atoms with E-state index in [9.17, 15) is 27.2 Å². The van der Waals surface area contributed by atoms with Gasteiger partial charge in [-0.05, 0) is 50.1 Å². The maximum Gasteiger partial charge on any atom is 0.416 e. The van der Waals surface area contributed by atoms with Crippen LogP contribution in [-0.4, -0.2) is 29.9 Å². The number of hydrogen-bond acceptors (Lipinski definition) is 3. The molecule has 0 radical (unpaired) electrons. The standard InChI is InChI=1S/C22H20ClF4N3O2/c1-11-8-12(22(25,26)27)9-18(28-11)30-19(14-4-3-5-15(14)20(30)31)21(32)29(2)13-6-7-17(24)16(23)10-13/h6-10,14-15,19H,3-5H2,1-2H3. The molecular formula is C22H20ClF4N3O2. The molecule has 0 N–H and O–H groups in total. The molecule has 2 fully saturated rings. The fourth-order valence-electron chi connectivity index (χ4n) is 4.69. The van der Waals surface area contributed by atoms with Crippen LogP contribution in [0.3, 0.4) is 0 Å². The molecular weight excluding hydrogens is 450 g/mol. The van der Waals surface area contributed by atoms with Crippen LogP contribution in [0.1, 0.15) is 30.5 Å². The summed E-state index contributed by atoms with van der Waals surface area (Å²) < 4.78 is 53.7. The van der Waals surface area contributed by atoms with Crippen molar-refractivity contribution in [1.29, 1.82) is 0 Å². The number of alkyl halides is 3. The van der Waals surface area contributed by atoms with Crippen LogP contribution in [0.5, 0.6) is 0 Å². The fourth-order valence-corrected chi connectivity index (χ4v) is 4.86. The lowest BCUT2D eigenvalue weighted by Gasteiger charge is -2.30. The van der Waals surface area contributed by atoms with Crippen LogP contribution in [-0.2, 0) is 15.8 Å². The normalized spacial score (nSPS) is 22.9. The van der Waals surface area contributed by atoms with E-state index in [1.165, 1.54) is 31.0 Å². The number of benzene rings is 1. The van der Waals surface area contributed by atoms with Gasteiger partial charge in [0.2, 0.25) is 11.8 Å². The molecule has 2 aliphatic rings. The van der Waals surface area contributed by atoms with Crippen LogP contribution in [0.2, 0.25) is 5.02 Å². The third-order valence-electron chi connectivity index (χ3n) is 6.20. The Morgan fingerprint density at radius 2 is 1.94 bits per heavy atom. The van der Waals surface area contributed by atoms with E-state index >= 15 is 0 Å². The molecule has 1 aromatic carbocycles. The lowest BCUT2D eigenvalue weighted by Crippen LogP contribution is -2.48. The van der Waals surface area contributed by atoms with Crippen LogP contribution < -0.4 is 9.80 Å². The van der Waals surface area contributed by atoms with Gasteiger partial charge in [-0.1, -0.05) is 18.0 Å². The third kappa shape index (κ3) is 3.83. The number of rotatable bonds is 3. The van der Waals surface area contributed by atoms with E-state index in [1.807, 2.05) is 0 Å². The Kier molecular flexibility index (Phi) is 5.65. The van der Waals surface area contributed by atoms with Gasteiger partial charge in [-0.2, -0.15) is 13.2 Å². The highest BCUT2D eigenvalue weighted by molar-refractivity contribution is 6.31. The zero-order chi connectivity index (χ0) is 23.4. The van der Waals surface area contributed by atoms with E-state index < -0.39 is 41.3 Å². The van der Waals surface area contributed by atoms with Crippen molar-refractivity contribution in [3.8, 4) is 0 Å². The maximum atomic E-state index is 13.6. The van der Waals surface area contributed by atoms with Gasteiger partial charge in [0, 0.05) is 30.3 Å². The van der Waals surface area contributed by atoms with Crippen molar-refractivity contribution in [2.45, 2.75) is 38.4 Å². The molecule has 1 saturated carbocycles. The fraction of sp³-hybridized carbons (Fsp3) is 0.409. The van der Waals surface area contributed by atoms with Crippen molar-refractivity contribution in [3.05, 3.63) is 52.4 Å². The Morgan fingerprint density at radius 3 is 2.59 bits per heavy atom. The van der Waals surface area contributed by atoms with Gasteiger partial charge in [0.05, 0.1) is 10.6 Å². The van der Waals surface area contributed by atoms with Crippen molar-refractivity contribution in [2.75, 3.05) is 16.8 Å². The molecule has 1 aromatic heterocycles. The smallest absolute Gasteiger partial charge is 0.314 e. The van der Waals surface area contributed by atoms with E-state index in [2.05, 4.69) is 4.98 Å². The minimum absolute atomic E-state index is 0.0876. The molecule has 1 aliphatic heterocycles. The maximum absolute atomic E-state index is 13.6. The van der Waals surface area contributed by atoms with Crippen LogP contribution >= 0.6 is 11.6 Å². The van der Waals surface area contributed by atoms with E-state index in [0.29, 0.717) is 18.5 Å². The molecule has 0 bridgehead atoms. The summed E-state index contributed by atoms with van der Waals surface area (Å²) in [6.45, 7) is 1.41. The van der Waals surface area contributed by atoms with Gasteiger partial charge in [-0.25, -0.2) is 9.37 Å². The topological polar surface area (TPSA) is 53.5 Å². The van der Waals surface area contributed by atoms with E-state index in [-0.39, 0.29) is 22.5 Å². The van der Waals surface area contributed by atoms with Crippen molar-refractivity contribution in [3.63, 3.8) is 0 Å². The molecule has 3 atom stereocenters. The number of aromatic nitrogens is 1. The number of carbonyl (C=O) groups is 2. The van der Waals surface area contributed by atoms with Crippen molar-refractivity contribution in [2.24, 2.45) is 11.8 Å². The van der Waals surface area contributed by atoms with Gasteiger partial charge in [0.25, 0.3) is 0 Å². The molecule has 0 spiro atoms. The molecule has 32 heavy (non-hydrogen) atoms. The molecule has 5 nitrogen and oxygen atoms in total. The van der Waals surface area contributed by atoms with Crippen LogP contribution in [0.25, 0.3) is 0 Å². The molecule has 10 heteroatoms. The zero-order valence-corrected chi connectivity index (χ0v) is 18.0. The highest BCUT2D eigenvalue weighted by Crippen LogP contribution is 2.46. The Hall–Kier alpha value is -2.68. The second-order valence-electron chi connectivity index (χ2n) is 8.20. The van der Waals surface area contributed by atoms with Gasteiger partial charge in [-0.15, -0.1) is 0 Å². The van der Waals surface area contributed by atoms with Crippen LogP contribution in [0.4, 0.5) is 29.1 Å². The number of anilines is 2. The lowest BCUT2D eigenvalue weighted by atomic mass is 9.92. The predicted molar refractivity (Wildman–Crippen MR) is 111 cm³/mol. The van der Waals surface area contributed by atoms with Gasteiger partial charge in [0.1, 0.15) is 17.7 Å². The Morgan fingerprint density at radius 1 is 1.22 bits per heavy atom. The highest BCUT2D eigenvalue weighted by atomic mass is 35.5. The Balaban J connectivity index is 1.76.